The Balaban J connectivity index is 0.00000625. The van der Waals surface area contributed by atoms with Crippen LogP contribution in [0.4, 0.5) is 0 Å². The smallest absolute Gasteiger partial charge is 0.224 e. The van der Waals surface area contributed by atoms with Crippen molar-refractivity contribution in [1.82, 2.24) is 15.5 Å². The zero-order valence-electron chi connectivity index (χ0n) is 16.8. The fourth-order valence-corrected chi connectivity index (χ4v) is 3.38. The number of nitrogens with one attached hydrogen (secondary N) is 2. The molecule has 1 aliphatic rings. The second-order valence-electron chi connectivity index (χ2n) is 7.00. The zero-order valence-corrected chi connectivity index (χ0v) is 19.1. The highest BCUT2D eigenvalue weighted by Crippen LogP contribution is 2.17. The molecule has 0 radical (unpaired) electrons. The van der Waals surface area contributed by atoms with Gasteiger partial charge in [-0.05, 0) is 51.9 Å². The van der Waals surface area contributed by atoms with Crippen molar-refractivity contribution in [2.75, 3.05) is 32.8 Å². The maximum Gasteiger partial charge on any atom is 0.224 e. The Morgan fingerprint density at radius 3 is 2.65 bits per heavy atom. The number of carbonyl (C=O) groups excluding carboxylic acids is 1. The van der Waals surface area contributed by atoms with Crippen molar-refractivity contribution in [1.29, 1.82) is 0 Å². The van der Waals surface area contributed by atoms with Gasteiger partial charge in [-0.3, -0.25) is 9.79 Å². The lowest BCUT2D eigenvalue weighted by Crippen LogP contribution is -2.44. The van der Waals surface area contributed by atoms with E-state index < -0.39 is 0 Å². The number of rotatable bonds is 10. The SMILES string of the molecule is CCCC(CCO)CN=C(NCC)NCCC(=O)N1CCCCC1C.I. The van der Waals surface area contributed by atoms with Gasteiger partial charge < -0.3 is 20.6 Å². The third-order valence-electron chi connectivity index (χ3n) is 4.84. The first-order chi connectivity index (χ1) is 12.1. The topological polar surface area (TPSA) is 77.0 Å². The standard InChI is InChI=1S/C19H38N4O2.HI/c1-4-8-17(11-14-24)15-22-19(20-5-2)21-12-10-18(25)23-13-7-6-9-16(23)3;/h16-17,24H,4-15H2,1-3H3,(H2,20,21,22);1H. The third kappa shape index (κ3) is 9.94. The van der Waals surface area contributed by atoms with Gasteiger partial charge in [-0.2, -0.15) is 0 Å². The zero-order chi connectivity index (χ0) is 18.5. The van der Waals surface area contributed by atoms with Crippen LogP contribution in [0, 0.1) is 5.92 Å². The van der Waals surface area contributed by atoms with E-state index in [9.17, 15) is 4.79 Å². The van der Waals surface area contributed by atoms with Crippen LogP contribution in [0.5, 0.6) is 0 Å². The van der Waals surface area contributed by atoms with Crippen LogP contribution in [0.15, 0.2) is 4.99 Å². The van der Waals surface area contributed by atoms with Gasteiger partial charge in [-0.15, -0.1) is 24.0 Å². The maximum absolute atomic E-state index is 12.4. The number of piperidine rings is 1. The molecule has 0 aliphatic carbocycles. The van der Waals surface area contributed by atoms with Crippen molar-refractivity contribution in [2.45, 2.75) is 71.8 Å². The van der Waals surface area contributed by atoms with Crippen LogP contribution in [0.1, 0.15) is 65.7 Å². The minimum Gasteiger partial charge on any atom is -0.396 e. The van der Waals surface area contributed by atoms with Gasteiger partial charge in [0, 0.05) is 45.2 Å². The van der Waals surface area contributed by atoms with E-state index in [1.165, 1.54) is 6.42 Å². The van der Waals surface area contributed by atoms with Gasteiger partial charge in [0.15, 0.2) is 5.96 Å². The lowest BCUT2D eigenvalue weighted by atomic mass is 10.0. The molecule has 0 aromatic rings. The summed E-state index contributed by atoms with van der Waals surface area (Å²) in [5.74, 6) is 1.42. The van der Waals surface area contributed by atoms with E-state index in [4.69, 9.17) is 5.11 Å². The highest BCUT2D eigenvalue weighted by Gasteiger charge is 2.22. The molecule has 26 heavy (non-hydrogen) atoms. The number of hydrogen-bond acceptors (Lipinski definition) is 3. The van der Waals surface area contributed by atoms with Crippen molar-refractivity contribution in [2.24, 2.45) is 10.9 Å². The fourth-order valence-electron chi connectivity index (χ4n) is 3.38. The Labute approximate surface area is 176 Å². The molecule has 0 spiro atoms. The molecule has 0 aromatic heterocycles. The number of guanidine groups is 1. The summed E-state index contributed by atoms with van der Waals surface area (Å²) in [6.45, 7) is 9.56. The highest BCUT2D eigenvalue weighted by molar-refractivity contribution is 14.0. The molecule has 1 amide bonds. The van der Waals surface area contributed by atoms with E-state index >= 15 is 0 Å². The molecule has 1 fully saturated rings. The molecular formula is C19H39IN4O2. The Kier molecular flexibility index (Phi) is 15.1. The molecule has 3 N–H and O–H groups in total. The van der Waals surface area contributed by atoms with E-state index in [2.05, 4.69) is 29.5 Å². The second-order valence-corrected chi connectivity index (χ2v) is 7.00. The first kappa shape index (κ1) is 25.4. The molecule has 0 aromatic carbocycles. The van der Waals surface area contributed by atoms with Crippen molar-refractivity contribution < 1.29 is 9.90 Å². The van der Waals surface area contributed by atoms with E-state index in [0.717, 1.165) is 51.2 Å². The molecule has 2 unspecified atom stereocenters. The monoisotopic (exact) mass is 482 g/mol. The third-order valence-corrected chi connectivity index (χ3v) is 4.84. The predicted octanol–water partition coefficient (Wildman–Crippen LogP) is 2.75. The van der Waals surface area contributed by atoms with Gasteiger partial charge in [0.05, 0.1) is 0 Å². The van der Waals surface area contributed by atoms with Crippen molar-refractivity contribution in [3.63, 3.8) is 0 Å². The summed E-state index contributed by atoms with van der Waals surface area (Å²) in [5, 5.41) is 15.7. The van der Waals surface area contributed by atoms with Crippen LogP contribution in [-0.4, -0.2) is 60.7 Å². The first-order valence-electron chi connectivity index (χ1n) is 10.0. The number of halogens is 1. The lowest BCUT2D eigenvalue weighted by molar-refractivity contribution is -0.134. The molecule has 1 aliphatic heterocycles. The fraction of sp³-hybridized carbons (Fsp3) is 0.895. The average molecular weight is 482 g/mol. The number of aliphatic hydroxyl groups is 1. The number of hydrogen-bond donors (Lipinski definition) is 3. The molecule has 6 nitrogen and oxygen atoms in total. The summed E-state index contributed by atoms with van der Waals surface area (Å²) in [7, 11) is 0. The Morgan fingerprint density at radius 1 is 1.27 bits per heavy atom. The molecule has 154 valence electrons. The minimum atomic E-state index is 0. The Hall–Kier alpha value is -0.570. The van der Waals surface area contributed by atoms with Crippen LogP contribution < -0.4 is 10.6 Å². The van der Waals surface area contributed by atoms with Crippen molar-refractivity contribution in [3.05, 3.63) is 0 Å². The molecule has 0 bridgehead atoms. The lowest BCUT2D eigenvalue weighted by Gasteiger charge is -2.33. The van der Waals surface area contributed by atoms with Gasteiger partial charge in [0.25, 0.3) is 0 Å². The Morgan fingerprint density at radius 2 is 2.04 bits per heavy atom. The summed E-state index contributed by atoms with van der Waals surface area (Å²) in [4.78, 5) is 19.0. The van der Waals surface area contributed by atoms with E-state index in [1.54, 1.807) is 0 Å². The average Bonchev–Trinajstić information content (AvgIpc) is 2.60. The summed E-state index contributed by atoms with van der Waals surface area (Å²) in [5.41, 5.74) is 0. The quantitative estimate of drug-likeness (QED) is 0.254. The van der Waals surface area contributed by atoms with Crippen molar-refractivity contribution in [3.8, 4) is 0 Å². The van der Waals surface area contributed by atoms with E-state index in [1.807, 2.05) is 11.8 Å². The van der Waals surface area contributed by atoms with Gasteiger partial charge >= 0.3 is 0 Å². The van der Waals surface area contributed by atoms with Crippen LogP contribution in [-0.2, 0) is 4.79 Å². The molecule has 7 heteroatoms. The number of aliphatic hydroxyl groups excluding tert-OH is 1. The first-order valence-corrected chi connectivity index (χ1v) is 10.0. The van der Waals surface area contributed by atoms with Crippen LogP contribution >= 0.6 is 24.0 Å². The Bertz CT molecular complexity index is 401. The molecule has 1 saturated heterocycles. The summed E-state index contributed by atoms with van der Waals surface area (Å²) < 4.78 is 0. The van der Waals surface area contributed by atoms with Crippen LogP contribution in [0.25, 0.3) is 0 Å². The van der Waals surface area contributed by atoms with E-state index in [0.29, 0.717) is 31.5 Å². The molecule has 0 saturated carbocycles. The second kappa shape index (κ2) is 15.5. The van der Waals surface area contributed by atoms with Gasteiger partial charge in [0.1, 0.15) is 0 Å². The molecular weight excluding hydrogens is 443 g/mol. The number of amides is 1. The summed E-state index contributed by atoms with van der Waals surface area (Å²) in [6.07, 6.45) is 6.95. The maximum atomic E-state index is 12.4. The minimum absolute atomic E-state index is 0. The summed E-state index contributed by atoms with van der Waals surface area (Å²) >= 11 is 0. The molecule has 1 heterocycles. The number of likely N-dealkylation sites (tertiary alicyclic amines) is 1. The molecule has 2 atom stereocenters. The molecule has 1 rings (SSSR count). The normalized spacial score (nSPS) is 18.8. The number of nitrogens with zero attached hydrogens (tertiary/aromatic N) is 2. The largest absolute Gasteiger partial charge is 0.396 e. The van der Waals surface area contributed by atoms with Crippen LogP contribution in [0.2, 0.25) is 0 Å². The van der Waals surface area contributed by atoms with Crippen molar-refractivity contribution >= 4 is 35.8 Å². The van der Waals surface area contributed by atoms with Gasteiger partial charge in [-0.25, -0.2) is 0 Å². The van der Waals surface area contributed by atoms with E-state index in [-0.39, 0.29) is 36.5 Å². The van der Waals surface area contributed by atoms with Gasteiger partial charge in [0.2, 0.25) is 5.91 Å². The van der Waals surface area contributed by atoms with Crippen LogP contribution in [0.3, 0.4) is 0 Å². The number of aliphatic imine (C=N–C) groups is 1. The number of carbonyl (C=O) groups is 1. The van der Waals surface area contributed by atoms with Gasteiger partial charge in [-0.1, -0.05) is 13.3 Å². The highest BCUT2D eigenvalue weighted by atomic mass is 127. The predicted molar refractivity (Wildman–Crippen MR) is 119 cm³/mol. The summed E-state index contributed by atoms with van der Waals surface area (Å²) in [6, 6.07) is 0.372.